The highest BCUT2D eigenvalue weighted by atomic mass is 79.9. The third kappa shape index (κ3) is 8.77. The number of rotatable bonds is 11. The highest BCUT2D eigenvalue weighted by molar-refractivity contribution is 9.10. The minimum Gasteiger partial charge on any atom is -0.493 e. The Balaban J connectivity index is 1.96. The van der Waals surface area contributed by atoms with Gasteiger partial charge in [0.15, 0.2) is 0 Å². The molecule has 0 saturated carbocycles. The first-order chi connectivity index (χ1) is 19.3. The number of ether oxygens (including phenoxy) is 1. The first-order valence-electron chi connectivity index (χ1n) is 13.2. The Morgan fingerprint density at radius 1 is 1.20 bits per heavy atom. The highest BCUT2D eigenvalue weighted by Gasteiger charge is 2.38. The summed E-state index contributed by atoms with van der Waals surface area (Å²) in [6.45, 7) is 7.01. The largest absolute Gasteiger partial charge is 0.493 e. The van der Waals surface area contributed by atoms with Gasteiger partial charge < -0.3 is 9.64 Å². The van der Waals surface area contributed by atoms with Crippen LogP contribution in [0.2, 0.25) is 0 Å². The smallest absolute Gasteiger partial charge is 0.416 e. The molecule has 0 amide bonds. The highest BCUT2D eigenvalue weighted by Crippen LogP contribution is 2.36. The van der Waals surface area contributed by atoms with Crippen LogP contribution in [-0.2, 0) is 6.42 Å². The molecule has 1 aromatic rings. The second kappa shape index (κ2) is 14.1. The van der Waals surface area contributed by atoms with Crippen LogP contribution in [0.3, 0.4) is 0 Å². The van der Waals surface area contributed by atoms with Crippen molar-refractivity contribution in [3.05, 3.63) is 87.0 Å². The number of halogens is 8. The van der Waals surface area contributed by atoms with Crippen molar-refractivity contribution < 1.29 is 31.1 Å². The Bertz CT molecular complexity index is 1280. The van der Waals surface area contributed by atoms with Crippen LogP contribution in [0.15, 0.2) is 86.4 Å². The van der Waals surface area contributed by atoms with Gasteiger partial charge in [0, 0.05) is 28.7 Å². The summed E-state index contributed by atoms with van der Waals surface area (Å²) in [5, 5.41) is -0.343. The molecule has 1 aliphatic carbocycles. The van der Waals surface area contributed by atoms with Crippen LogP contribution in [-0.4, -0.2) is 54.7 Å². The summed E-state index contributed by atoms with van der Waals surface area (Å²) in [5.41, 5.74) is -0.493. The standard InChI is InChI=1S/C30H32BrClF6N2O/c1-4-15-41-27-12-10-22(31)17-21(27)9-11-23-24(7-6-8-26(23)32)28-39-13-14-40(28)18-20(5-2)25(30(36,37)38)16-19(3)29(33,34)35/h5-7,10,12,16-17,26H,2,4,8-9,11,13-15,18H2,1,3H3/b19-16+,25-20-. The van der Waals surface area contributed by atoms with Crippen molar-refractivity contribution >= 4 is 33.4 Å². The molecule has 1 heterocycles. The van der Waals surface area contributed by atoms with E-state index in [1.807, 2.05) is 37.3 Å². The molecule has 1 aromatic carbocycles. The summed E-state index contributed by atoms with van der Waals surface area (Å²) in [7, 11) is 0. The van der Waals surface area contributed by atoms with Crippen LogP contribution in [0, 0.1) is 0 Å². The predicted molar refractivity (Wildman–Crippen MR) is 156 cm³/mol. The van der Waals surface area contributed by atoms with E-state index >= 15 is 0 Å². The van der Waals surface area contributed by atoms with Gasteiger partial charge in [0.1, 0.15) is 11.6 Å². The molecule has 3 rings (SSSR count). The maximum Gasteiger partial charge on any atom is 0.416 e. The van der Waals surface area contributed by atoms with E-state index in [4.69, 9.17) is 16.3 Å². The minimum absolute atomic E-state index is 0.139. The van der Waals surface area contributed by atoms with E-state index in [2.05, 4.69) is 27.5 Å². The molecule has 0 bridgehead atoms. The molecule has 1 atom stereocenters. The summed E-state index contributed by atoms with van der Waals surface area (Å²) in [6, 6.07) is 5.80. The van der Waals surface area contributed by atoms with Crippen molar-refractivity contribution in [2.75, 3.05) is 26.2 Å². The van der Waals surface area contributed by atoms with Gasteiger partial charge in [-0.2, -0.15) is 26.3 Å². The third-order valence-electron chi connectivity index (χ3n) is 6.74. The van der Waals surface area contributed by atoms with E-state index in [0.29, 0.717) is 51.7 Å². The lowest BCUT2D eigenvalue weighted by Crippen LogP contribution is -2.33. The second-order valence-electron chi connectivity index (χ2n) is 9.74. The van der Waals surface area contributed by atoms with Crippen molar-refractivity contribution in [3.8, 4) is 5.75 Å². The molecule has 0 spiro atoms. The van der Waals surface area contributed by atoms with Crippen molar-refractivity contribution in [3.63, 3.8) is 0 Å². The average molecular weight is 666 g/mol. The van der Waals surface area contributed by atoms with Gasteiger partial charge in [-0.25, -0.2) is 0 Å². The zero-order valence-corrected chi connectivity index (χ0v) is 25.2. The number of hydrogen-bond donors (Lipinski definition) is 0. The quantitative estimate of drug-likeness (QED) is 0.134. The molecule has 1 aliphatic heterocycles. The zero-order chi connectivity index (χ0) is 30.4. The van der Waals surface area contributed by atoms with Gasteiger partial charge in [-0.15, -0.1) is 11.6 Å². The molecule has 0 N–H and O–H groups in total. The lowest BCUT2D eigenvalue weighted by atomic mass is 9.90. The van der Waals surface area contributed by atoms with E-state index in [-0.39, 0.29) is 23.6 Å². The average Bonchev–Trinajstić information content (AvgIpc) is 3.35. The fraction of sp³-hybridized carbons (Fsp3) is 0.433. The van der Waals surface area contributed by atoms with Crippen molar-refractivity contribution in [1.29, 1.82) is 0 Å². The number of nitrogens with zero attached hydrogens (tertiary/aromatic N) is 2. The van der Waals surface area contributed by atoms with Crippen LogP contribution in [0.25, 0.3) is 0 Å². The molecule has 11 heteroatoms. The van der Waals surface area contributed by atoms with Crippen molar-refractivity contribution in [1.82, 2.24) is 4.90 Å². The normalized spacial score (nSPS) is 19.0. The van der Waals surface area contributed by atoms with E-state index < -0.39 is 23.5 Å². The zero-order valence-electron chi connectivity index (χ0n) is 22.8. The second-order valence-corrected chi connectivity index (χ2v) is 11.2. The van der Waals surface area contributed by atoms with E-state index in [1.165, 1.54) is 0 Å². The number of aryl methyl sites for hydroxylation is 1. The van der Waals surface area contributed by atoms with Crippen LogP contribution in [0.4, 0.5) is 26.3 Å². The van der Waals surface area contributed by atoms with Gasteiger partial charge in [0.05, 0.1) is 24.1 Å². The molecule has 41 heavy (non-hydrogen) atoms. The van der Waals surface area contributed by atoms with Crippen molar-refractivity contribution in [2.24, 2.45) is 4.99 Å². The van der Waals surface area contributed by atoms with Crippen LogP contribution in [0.1, 0.15) is 38.7 Å². The van der Waals surface area contributed by atoms with E-state index in [1.54, 1.807) is 4.90 Å². The number of hydrogen-bond acceptors (Lipinski definition) is 3. The lowest BCUT2D eigenvalue weighted by molar-refractivity contribution is -0.0957. The topological polar surface area (TPSA) is 24.8 Å². The number of alkyl halides is 7. The first kappa shape index (κ1) is 33.0. The number of amidine groups is 1. The molecular formula is C30H32BrClF6N2O. The van der Waals surface area contributed by atoms with Gasteiger partial charge in [0.2, 0.25) is 0 Å². The predicted octanol–water partition coefficient (Wildman–Crippen LogP) is 9.30. The number of aliphatic imine (C=N–C) groups is 1. The van der Waals surface area contributed by atoms with Gasteiger partial charge >= 0.3 is 12.4 Å². The maximum absolute atomic E-state index is 13.9. The SMILES string of the molecule is C=C/C(CN1CCN=C1C1=C(CCc2cc(Br)ccc2OCCC)C(Cl)CC=C1)=C(\C=C(/C)C(F)(F)F)C(F)(F)F. The Morgan fingerprint density at radius 3 is 2.56 bits per heavy atom. The molecule has 224 valence electrons. The lowest BCUT2D eigenvalue weighted by Gasteiger charge is -2.28. The van der Waals surface area contributed by atoms with Crippen molar-refractivity contribution in [2.45, 2.75) is 57.3 Å². The molecule has 1 unspecified atom stereocenters. The van der Waals surface area contributed by atoms with Gasteiger partial charge in [-0.05, 0) is 73.6 Å². The molecule has 2 aliphatic rings. The van der Waals surface area contributed by atoms with Gasteiger partial charge in [-0.3, -0.25) is 4.99 Å². The fourth-order valence-electron chi connectivity index (χ4n) is 4.61. The van der Waals surface area contributed by atoms with Gasteiger partial charge in [-0.1, -0.05) is 47.7 Å². The molecule has 0 aromatic heterocycles. The Labute approximate surface area is 250 Å². The fourth-order valence-corrected chi connectivity index (χ4v) is 5.35. The molecule has 0 saturated heterocycles. The maximum atomic E-state index is 13.9. The third-order valence-corrected chi connectivity index (χ3v) is 7.67. The molecular weight excluding hydrogens is 634 g/mol. The molecule has 3 nitrogen and oxygen atoms in total. The summed E-state index contributed by atoms with van der Waals surface area (Å²) in [5.74, 6) is 1.24. The van der Waals surface area contributed by atoms with Crippen LogP contribution < -0.4 is 4.74 Å². The summed E-state index contributed by atoms with van der Waals surface area (Å²) < 4.78 is 87.9. The number of benzene rings is 1. The molecule has 0 fully saturated rings. The Hall–Kier alpha value is -2.46. The summed E-state index contributed by atoms with van der Waals surface area (Å²) >= 11 is 10.3. The monoisotopic (exact) mass is 664 g/mol. The van der Waals surface area contributed by atoms with Crippen LogP contribution in [0.5, 0.6) is 5.75 Å². The minimum atomic E-state index is -5.01. The summed E-state index contributed by atoms with van der Waals surface area (Å²) in [4.78, 5) is 6.21. The Kier molecular flexibility index (Phi) is 11.4. The van der Waals surface area contributed by atoms with E-state index in [9.17, 15) is 26.3 Å². The van der Waals surface area contributed by atoms with Crippen LogP contribution >= 0.6 is 27.5 Å². The van der Waals surface area contributed by atoms with E-state index in [0.717, 1.165) is 39.4 Å². The molecule has 0 radical (unpaired) electrons. The van der Waals surface area contributed by atoms with Gasteiger partial charge in [0.25, 0.3) is 0 Å². The first-order valence-corrected chi connectivity index (χ1v) is 14.4. The summed E-state index contributed by atoms with van der Waals surface area (Å²) in [6.07, 6.45) is -2.42. The Morgan fingerprint density at radius 2 is 1.93 bits per heavy atom. The number of allylic oxidation sites excluding steroid dienone is 5.